The maximum Gasteiger partial charge on any atom is 0.224 e. The van der Waals surface area contributed by atoms with Crippen molar-refractivity contribution in [2.75, 3.05) is 18.5 Å². The van der Waals surface area contributed by atoms with E-state index in [9.17, 15) is 9.90 Å². The second kappa shape index (κ2) is 7.23. The summed E-state index contributed by atoms with van der Waals surface area (Å²) in [5.74, 6) is 2.65. The molecule has 4 bridgehead atoms. The molecule has 4 aliphatic carbocycles. The van der Waals surface area contributed by atoms with Crippen LogP contribution in [0.25, 0.3) is 10.9 Å². The standard InChI is InChI=1S/C25H31ClN2O3/c26-19-2-1-3-21-23(19)20(13-28(21)5-4-25(30)14-31-15-25)27-22(29)12-24-9-16-6-17(10-24)8-18(7-16)11-24/h1-3,13,16-18,30H,4-12,14-15H2,(H,27,29). The predicted octanol–water partition coefficient (Wildman–Crippen LogP) is 4.99. The SMILES string of the molecule is O=C(CC12CC3CC(CC(C3)C1)C2)Nc1cn(CCC2(O)COC2)c2cccc(Cl)c12. The van der Waals surface area contributed by atoms with E-state index in [1.165, 1.54) is 38.5 Å². The lowest BCUT2D eigenvalue weighted by Gasteiger charge is -2.56. The number of fused-ring (bicyclic) bond motifs is 1. The van der Waals surface area contributed by atoms with Crippen LogP contribution in [0, 0.1) is 23.2 Å². The lowest BCUT2D eigenvalue weighted by Crippen LogP contribution is -2.50. The Morgan fingerprint density at radius 1 is 1.16 bits per heavy atom. The summed E-state index contributed by atoms with van der Waals surface area (Å²) in [6, 6.07) is 5.83. The molecule has 0 unspecified atom stereocenters. The Labute approximate surface area is 188 Å². The summed E-state index contributed by atoms with van der Waals surface area (Å²) >= 11 is 6.55. The minimum absolute atomic E-state index is 0.118. The lowest BCUT2D eigenvalue weighted by atomic mass is 9.49. The normalized spacial score (nSPS) is 32.9. The molecule has 7 rings (SSSR count). The Hall–Kier alpha value is -1.56. The van der Waals surface area contributed by atoms with Gasteiger partial charge in [-0.3, -0.25) is 4.79 Å². The number of nitrogens with one attached hydrogen (secondary N) is 1. The van der Waals surface area contributed by atoms with E-state index in [1.807, 2.05) is 24.4 Å². The molecule has 31 heavy (non-hydrogen) atoms. The van der Waals surface area contributed by atoms with Gasteiger partial charge in [0.05, 0.1) is 29.4 Å². The van der Waals surface area contributed by atoms with E-state index >= 15 is 0 Å². The quantitative estimate of drug-likeness (QED) is 0.662. The minimum Gasteiger partial charge on any atom is -0.385 e. The monoisotopic (exact) mass is 442 g/mol. The van der Waals surface area contributed by atoms with Crippen LogP contribution >= 0.6 is 11.6 Å². The van der Waals surface area contributed by atoms with Crippen molar-refractivity contribution in [3.05, 3.63) is 29.4 Å². The Kier molecular flexibility index (Phi) is 4.68. The molecule has 4 saturated carbocycles. The van der Waals surface area contributed by atoms with Gasteiger partial charge < -0.3 is 19.7 Å². The van der Waals surface area contributed by atoms with Gasteiger partial charge in [-0.05, 0) is 80.2 Å². The zero-order valence-corrected chi connectivity index (χ0v) is 18.7. The molecule has 166 valence electrons. The Morgan fingerprint density at radius 3 is 2.45 bits per heavy atom. The van der Waals surface area contributed by atoms with Gasteiger partial charge in [0.1, 0.15) is 5.60 Å². The summed E-state index contributed by atoms with van der Waals surface area (Å²) < 4.78 is 7.26. The van der Waals surface area contributed by atoms with Gasteiger partial charge in [0.2, 0.25) is 5.91 Å². The van der Waals surface area contributed by atoms with E-state index in [0.29, 0.717) is 37.6 Å². The molecule has 0 atom stereocenters. The highest BCUT2D eigenvalue weighted by molar-refractivity contribution is 6.36. The van der Waals surface area contributed by atoms with Gasteiger partial charge in [0, 0.05) is 24.5 Å². The summed E-state index contributed by atoms with van der Waals surface area (Å²) in [6.07, 6.45) is 11.1. The predicted molar refractivity (Wildman–Crippen MR) is 121 cm³/mol. The summed E-state index contributed by atoms with van der Waals surface area (Å²) in [5.41, 5.74) is 1.25. The lowest BCUT2D eigenvalue weighted by molar-refractivity contribution is -0.182. The number of aryl methyl sites for hydroxylation is 1. The van der Waals surface area contributed by atoms with Crippen LogP contribution in [0.3, 0.4) is 0 Å². The van der Waals surface area contributed by atoms with E-state index in [1.54, 1.807) is 0 Å². The summed E-state index contributed by atoms with van der Waals surface area (Å²) in [4.78, 5) is 13.2. The third kappa shape index (κ3) is 3.59. The fourth-order valence-corrected chi connectivity index (χ4v) is 7.71. The van der Waals surface area contributed by atoms with Crippen molar-refractivity contribution >= 4 is 34.1 Å². The smallest absolute Gasteiger partial charge is 0.224 e. The number of hydrogen-bond acceptors (Lipinski definition) is 3. The Morgan fingerprint density at radius 2 is 1.84 bits per heavy atom. The molecule has 2 heterocycles. The van der Waals surface area contributed by atoms with Crippen molar-refractivity contribution in [2.45, 2.75) is 63.5 Å². The van der Waals surface area contributed by atoms with Gasteiger partial charge in [0.25, 0.3) is 0 Å². The maximum atomic E-state index is 13.2. The van der Waals surface area contributed by atoms with Crippen molar-refractivity contribution in [2.24, 2.45) is 23.2 Å². The highest BCUT2D eigenvalue weighted by atomic mass is 35.5. The number of carbonyl (C=O) groups excluding carboxylic acids is 1. The van der Waals surface area contributed by atoms with Gasteiger partial charge in [-0.2, -0.15) is 0 Å². The molecule has 0 spiro atoms. The number of aromatic nitrogens is 1. The molecule has 2 aromatic rings. The Balaban J connectivity index is 1.22. The number of rotatable bonds is 6. The average molecular weight is 443 g/mol. The second-order valence-electron chi connectivity index (χ2n) is 11.0. The number of carbonyl (C=O) groups is 1. The zero-order valence-electron chi connectivity index (χ0n) is 17.9. The molecule has 0 radical (unpaired) electrons. The first kappa shape index (κ1) is 20.1. The second-order valence-corrected chi connectivity index (χ2v) is 11.4. The van der Waals surface area contributed by atoms with Crippen molar-refractivity contribution in [3.63, 3.8) is 0 Å². The van der Waals surface area contributed by atoms with Crippen LogP contribution in [-0.2, 0) is 16.1 Å². The number of hydrogen-bond donors (Lipinski definition) is 2. The molecule has 6 heteroatoms. The molecule has 5 aliphatic rings. The van der Waals surface area contributed by atoms with Crippen LogP contribution in [0.1, 0.15) is 51.4 Å². The molecule has 5 fully saturated rings. The van der Waals surface area contributed by atoms with Gasteiger partial charge in [-0.15, -0.1) is 0 Å². The first-order chi connectivity index (χ1) is 14.9. The fourth-order valence-electron chi connectivity index (χ4n) is 7.44. The molecule has 1 amide bonds. The summed E-state index contributed by atoms with van der Waals surface area (Å²) in [7, 11) is 0. The molecule has 1 aromatic heterocycles. The fraction of sp³-hybridized carbons (Fsp3) is 0.640. The van der Waals surface area contributed by atoms with E-state index in [0.717, 1.165) is 34.3 Å². The topological polar surface area (TPSA) is 63.5 Å². The maximum absolute atomic E-state index is 13.2. The molecular weight excluding hydrogens is 412 g/mol. The first-order valence-electron chi connectivity index (χ1n) is 11.8. The highest BCUT2D eigenvalue weighted by Gasteiger charge is 2.51. The van der Waals surface area contributed by atoms with Crippen LogP contribution < -0.4 is 5.32 Å². The summed E-state index contributed by atoms with van der Waals surface area (Å²) in [6.45, 7) is 1.44. The van der Waals surface area contributed by atoms with Gasteiger partial charge >= 0.3 is 0 Å². The van der Waals surface area contributed by atoms with E-state index < -0.39 is 5.60 Å². The number of amides is 1. The molecule has 1 saturated heterocycles. The highest BCUT2D eigenvalue weighted by Crippen LogP contribution is 2.61. The third-order valence-electron chi connectivity index (χ3n) is 8.39. The first-order valence-corrected chi connectivity index (χ1v) is 12.2. The molecule has 1 aromatic carbocycles. The molecule has 2 N–H and O–H groups in total. The number of nitrogens with zero attached hydrogens (tertiary/aromatic N) is 1. The van der Waals surface area contributed by atoms with Crippen LogP contribution in [0.15, 0.2) is 24.4 Å². The Bertz CT molecular complexity index is 990. The molecule has 1 aliphatic heterocycles. The minimum atomic E-state index is -0.739. The van der Waals surface area contributed by atoms with Crippen molar-refractivity contribution < 1.29 is 14.6 Å². The van der Waals surface area contributed by atoms with Crippen molar-refractivity contribution in [1.29, 1.82) is 0 Å². The van der Waals surface area contributed by atoms with Crippen molar-refractivity contribution in [1.82, 2.24) is 4.57 Å². The van der Waals surface area contributed by atoms with Crippen LogP contribution in [0.5, 0.6) is 0 Å². The van der Waals surface area contributed by atoms with Crippen LogP contribution in [0.4, 0.5) is 5.69 Å². The van der Waals surface area contributed by atoms with Gasteiger partial charge in [0.15, 0.2) is 0 Å². The zero-order chi connectivity index (χ0) is 21.2. The van der Waals surface area contributed by atoms with Crippen LogP contribution in [0.2, 0.25) is 5.02 Å². The van der Waals surface area contributed by atoms with Crippen LogP contribution in [-0.4, -0.2) is 34.4 Å². The number of benzene rings is 1. The van der Waals surface area contributed by atoms with E-state index in [4.69, 9.17) is 16.3 Å². The van der Waals surface area contributed by atoms with E-state index in [-0.39, 0.29) is 11.3 Å². The van der Waals surface area contributed by atoms with Gasteiger partial charge in [-0.25, -0.2) is 0 Å². The average Bonchev–Trinajstić information content (AvgIpc) is 3.02. The summed E-state index contributed by atoms with van der Waals surface area (Å²) in [5, 5.41) is 15.2. The molecule has 5 nitrogen and oxygen atoms in total. The van der Waals surface area contributed by atoms with Crippen molar-refractivity contribution in [3.8, 4) is 0 Å². The third-order valence-corrected chi connectivity index (χ3v) is 8.70. The van der Waals surface area contributed by atoms with E-state index in [2.05, 4.69) is 9.88 Å². The number of aliphatic hydroxyl groups is 1. The number of halogens is 1. The molecular formula is C25H31ClN2O3. The van der Waals surface area contributed by atoms with Gasteiger partial charge in [-0.1, -0.05) is 17.7 Å². The number of anilines is 1. The largest absolute Gasteiger partial charge is 0.385 e. The number of ether oxygens (including phenoxy) is 1.